The first-order chi connectivity index (χ1) is 11.8. The molecule has 0 unspecified atom stereocenters. The second-order valence-electron chi connectivity index (χ2n) is 6.18. The number of hydrogen-bond acceptors (Lipinski definition) is 6. The number of rotatable bonds is 4. The van der Waals surface area contributed by atoms with E-state index in [2.05, 4.69) is 9.98 Å². The number of nitrogens with two attached hydrogens (primary N) is 2. The maximum atomic E-state index is 6.04. The number of guanidine groups is 2. The van der Waals surface area contributed by atoms with Crippen LogP contribution in [0.2, 0.25) is 5.02 Å². The van der Waals surface area contributed by atoms with Crippen molar-refractivity contribution < 1.29 is 4.74 Å². The van der Waals surface area contributed by atoms with Gasteiger partial charge < -0.3 is 16.2 Å². The third-order valence-electron chi connectivity index (χ3n) is 3.81. The number of aliphatic imine (C=N–C) groups is 2. The van der Waals surface area contributed by atoms with E-state index < -0.39 is 5.66 Å². The summed E-state index contributed by atoms with van der Waals surface area (Å²) in [5, 5.41) is 0.708. The van der Waals surface area contributed by atoms with Gasteiger partial charge in [-0.3, -0.25) is 4.90 Å². The molecule has 0 saturated heterocycles. The van der Waals surface area contributed by atoms with Gasteiger partial charge in [0.05, 0.1) is 0 Å². The van der Waals surface area contributed by atoms with Crippen LogP contribution in [0, 0.1) is 0 Å². The van der Waals surface area contributed by atoms with Gasteiger partial charge in [-0.25, -0.2) is 4.99 Å². The van der Waals surface area contributed by atoms with Crippen LogP contribution in [0.15, 0.2) is 58.5 Å². The fourth-order valence-electron chi connectivity index (χ4n) is 2.69. The summed E-state index contributed by atoms with van der Waals surface area (Å²) in [6.07, 6.45) is 0. The molecule has 0 fully saturated rings. The Bertz CT molecular complexity index is 812. The molecule has 130 valence electrons. The van der Waals surface area contributed by atoms with Crippen LogP contribution in [0.4, 0.5) is 5.69 Å². The molecule has 3 rings (SSSR count). The topological polar surface area (TPSA) is 89.2 Å². The van der Waals surface area contributed by atoms with Gasteiger partial charge in [0.25, 0.3) is 0 Å². The molecule has 0 aliphatic carbocycles. The molecule has 1 aliphatic rings. The summed E-state index contributed by atoms with van der Waals surface area (Å²) in [5.74, 6) is 1.25. The van der Waals surface area contributed by atoms with Gasteiger partial charge in [-0.15, -0.1) is 0 Å². The van der Waals surface area contributed by atoms with Crippen molar-refractivity contribution in [2.24, 2.45) is 21.5 Å². The van der Waals surface area contributed by atoms with Gasteiger partial charge in [0.1, 0.15) is 18.0 Å². The average molecular weight is 358 g/mol. The van der Waals surface area contributed by atoms with E-state index in [1.165, 1.54) is 0 Å². The lowest BCUT2D eigenvalue weighted by atomic mass is 10.1. The molecular weight excluding hydrogens is 338 g/mol. The minimum atomic E-state index is -0.610. The van der Waals surface area contributed by atoms with Crippen LogP contribution < -0.4 is 21.1 Å². The first-order valence-electron chi connectivity index (χ1n) is 7.82. The Hall–Kier alpha value is -2.73. The molecule has 6 nitrogen and oxygen atoms in total. The Labute approximate surface area is 151 Å². The molecule has 0 bridgehead atoms. The highest BCUT2D eigenvalue weighted by Gasteiger charge is 2.32. The first-order valence-corrected chi connectivity index (χ1v) is 8.20. The van der Waals surface area contributed by atoms with Crippen molar-refractivity contribution in [2.45, 2.75) is 26.1 Å². The van der Waals surface area contributed by atoms with Gasteiger partial charge in [-0.1, -0.05) is 23.7 Å². The third-order valence-corrected chi connectivity index (χ3v) is 4.06. The van der Waals surface area contributed by atoms with Crippen molar-refractivity contribution in [3.8, 4) is 5.75 Å². The SMILES string of the molecule is CC1(C)N=C(N)N=C(N)N1c1ccc(OCc2ccc(Cl)cc2)cc1. The van der Waals surface area contributed by atoms with Crippen molar-refractivity contribution in [3.63, 3.8) is 0 Å². The number of anilines is 1. The molecule has 0 spiro atoms. The lowest BCUT2D eigenvalue weighted by Gasteiger charge is -2.38. The Morgan fingerprint density at radius 1 is 1.04 bits per heavy atom. The van der Waals surface area contributed by atoms with Gasteiger partial charge in [0, 0.05) is 10.7 Å². The van der Waals surface area contributed by atoms with Gasteiger partial charge in [-0.05, 0) is 55.8 Å². The molecule has 0 atom stereocenters. The van der Waals surface area contributed by atoms with E-state index in [9.17, 15) is 0 Å². The molecule has 0 radical (unpaired) electrons. The number of hydrogen-bond donors (Lipinski definition) is 2. The second-order valence-corrected chi connectivity index (χ2v) is 6.62. The van der Waals surface area contributed by atoms with Crippen LogP contribution in [-0.4, -0.2) is 17.6 Å². The van der Waals surface area contributed by atoms with Crippen LogP contribution in [-0.2, 0) is 6.61 Å². The average Bonchev–Trinajstić information content (AvgIpc) is 2.54. The minimum absolute atomic E-state index is 0.182. The van der Waals surface area contributed by atoms with Crippen molar-refractivity contribution >= 4 is 29.2 Å². The zero-order valence-corrected chi connectivity index (χ0v) is 14.9. The predicted octanol–water partition coefficient (Wildman–Crippen LogP) is 3.10. The Kier molecular flexibility index (Phi) is 4.55. The van der Waals surface area contributed by atoms with Crippen molar-refractivity contribution in [1.82, 2.24) is 0 Å². The van der Waals surface area contributed by atoms with Gasteiger partial charge >= 0.3 is 0 Å². The lowest BCUT2D eigenvalue weighted by molar-refractivity contribution is 0.306. The number of nitrogens with zero attached hydrogens (tertiary/aromatic N) is 3. The zero-order chi connectivity index (χ0) is 18.0. The fraction of sp³-hybridized carbons (Fsp3) is 0.222. The van der Waals surface area contributed by atoms with E-state index in [0.29, 0.717) is 17.6 Å². The highest BCUT2D eigenvalue weighted by atomic mass is 35.5. The minimum Gasteiger partial charge on any atom is -0.489 e. The summed E-state index contributed by atoms with van der Waals surface area (Å²) in [6.45, 7) is 4.31. The highest BCUT2D eigenvalue weighted by Crippen LogP contribution is 2.29. The lowest BCUT2D eigenvalue weighted by Crippen LogP contribution is -2.54. The molecule has 4 N–H and O–H groups in total. The number of benzene rings is 2. The maximum Gasteiger partial charge on any atom is 0.220 e. The highest BCUT2D eigenvalue weighted by molar-refractivity contribution is 6.30. The van der Waals surface area contributed by atoms with Crippen LogP contribution in [0.5, 0.6) is 5.75 Å². The smallest absolute Gasteiger partial charge is 0.220 e. The van der Waals surface area contributed by atoms with Crippen molar-refractivity contribution in [1.29, 1.82) is 0 Å². The van der Waals surface area contributed by atoms with Crippen LogP contribution >= 0.6 is 11.6 Å². The molecule has 0 saturated carbocycles. The van der Waals surface area contributed by atoms with E-state index >= 15 is 0 Å². The molecule has 7 heteroatoms. The van der Waals surface area contributed by atoms with E-state index in [-0.39, 0.29) is 5.96 Å². The normalized spacial score (nSPS) is 16.2. The molecule has 1 heterocycles. The summed E-state index contributed by atoms with van der Waals surface area (Å²) in [7, 11) is 0. The number of halogens is 1. The molecule has 0 aromatic heterocycles. The Morgan fingerprint density at radius 2 is 1.68 bits per heavy atom. The molecule has 25 heavy (non-hydrogen) atoms. The van der Waals surface area contributed by atoms with E-state index in [1.54, 1.807) is 0 Å². The monoisotopic (exact) mass is 357 g/mol. The maximum absolute atomic E-state index is 6.04. The fourth-order valence-corrected chi connectivity index (χ4v) is 2.82. The molecule has 0 amide bonds. The van der Waals surface area contributed by atoms with E-state index in [4.69, 9.17) is 27.8 Å². The van der Waals surface area contributed by atoms with Crippen LogP contribution in [0.25, 0.3) is 0 Å². The number of ether oxygens (including phenoxy) is 1. The van der Waals surface area contributed by atoms with Gasteiger partial charge in [0.2, 0.25) is 11.9 Å². The quantitative estimate of drug-likeness (QED) is 0.879. The summed E-state index contributed by atoms with van der Waals surface area (Å²) in [6, 6.07) is 15.2. The Balaban J connectivity index is 1.72. The third kappa shape index (κ3) is 3.85. The standard InChI is InChI=1S/C18H20ClN5O/c1-18(2)23-16(20)22-17(21)24(18)14-7-9-15(10-8-14)25-11-12-3-5-13(19)6-4-12/h3-10H,11H2,1-2H3,(H4,20,21,22,23). The summed E-state index contributed by atoms with van der Waals surface area (Å²) < 4.78 is 5.80. The van der Waals surface area contributed by atoms with Crippen molar-refractivity contribution in [3.05, 3.63) is 59.1 Å². The summed E-state index contributed by atoms with van der Waals surface area (Å²) in [5.41, 5.74) is 13.0. The first kappa shape index (κ1) is 17.1. The molecule has 2 aromatic carbocycles. The predicted molar refractivity (Wildman–Crippen MR) is 102 cm³/mol. The summed E-state index contributed by atoms with van der Waals surface area (Å²) in [4.78, 5) is 10.2. The largest absolute Gasteiger partial charge is 0.489 e. The van der Waals surface area contributed by atoms with Crippen LogP contribution in [0.3, 0.4) is 0 Å². The second kappa shape index (κ2) is 6.64. The van der Waals surface area contributed by atoms with Crippen LogP contribution in [0.1, 0.15) is 19.4 Å². The molecular formula is C18H20ClN5O. The van der Waals surface area contributed by atoms with Gasteiger partial charge in [-0.2, -0.15) is 4.99 Å². The van der Waals surface area contributed by atoms with Gasteiger partial charge in [0.15, 0.2) is 0 Å². The van der Waals surface area contributed by atoms with E-state index in [0.717, 1.165) is 17.0 Å². The zero-order valence-electron chi connectivity index (χ0n) is 14.1. The Morgan fingerprint density at radius 3 is 2.28 bits per heavy atom. The van der Waals surface area contributed by atoms with Crippen molar-refractivity contribution in [2.75, 3.05) is 4.90 Å². The molecule has 2 aromatic rings. The summed E-state index contributed by atoms with van der Waals surface area (Å²) >= 11 is 5.88. The molecule has 1 aliphatic heterocycles. The van der Waals surface area contributed by atoms with E-state index in [1.807, 2.05) is 67.3 Å².